The third-order valence-corrected chi connectivity index (χ3v) is 2.50. The second kappa shape index (κ2) is 4.45. The smallest absolute Gasteiger partial charge is 0.123 e. The van der Waals surface area contributed by atoms with Crippen LogP contribution in [0.1, 0.15) is 5.69 Å². The molecule has 0 bridgehead atoms. The molecular weight excluding hydrogens is 225 g/mol. The van der Waals surface area contributed by atoms with E-state index in [1.807, 2.05) is 0 Å². The molecule has 1 aromatic heterocycles. The van der Waals surface area contributed by atoms with Gasteiger partial charge in [0.25, 0.3) is 0 Å². The molecule has 0 aliphatic heterocycles. The van der Waals surface area contributed by atoms with Gasteiger partial charge in [-0.1, -0.05) is 18.2 Å². The zero-order chi connectivity index (χ0) is 11.5. The summed E-state index contributed by atoms with van der Waals surface area (Å²) >= 11 is 6.04. The molecule has 80 valence electrons. The zero-order valence-electron chi connectivity index (χ0n) is 8.45. The molecule has 3 heteroatoms. The molecular formula is C13H9ClFN. The first-order valence-electron chi connectivity index (χ1n) is 4.75. The number of nitrogens with zero attached hydrogens (tertiary/aromatic N) is 1. The lowest BCUT2D eigenvalue weighted by Gasteiger charge is -2.04. The lowest BCUT2D eigenvalue weighted by atomic mass is 10.1. The number of hydrogen-bond acceptors (Lipinski definition) is 1. The number of rotatable bonds is 2. The summed E-state index contributed by atoms with van der Waals surface area (Å²) in [4.78, 5) is 4.32. The molecule has 0 fully saturated rings. The molecule has 0 unspecified atom stereocenters. The minimum atomic E-state index is -0.278. The van der Waals surface area contributed by atoms with E-state index < -0.39 is 0 Å². The van der Waals surface area contributed by atoms with Crippen LogP contribution in [-0.2, 0) is 0 Å². The van der Waals surface area contributed by atoms with E-state index >= 15 is 0 Å². The van der Waals surface area contributed by atoms with Gasteiger partial charge in [0.2, 0.25) is 0 Å². The normalized spacial score (nSPS) is 10.1. The van der Waals surface area contributed by atoms with E-state index in [1.54, 1.807) is 30.3 Å². The first kappa shape index (κ1) is 10.8. The maximum absolute atomic E-state index is 12.8. The fourth-order valence-electron chi connectivity index (χ4n) is 1.38. The van der Waals surface area contributed by atoms with E-state index in [9.17, 15) is 4.39 Å². The summed E-state index contributed by atoms with van der Waals surface area (Å²) in [6.45, 7) is 3.64. The molecule has 1 aromatic carbocycles. The number of hydrogen-bond donors (Lipinski definition) is 0. The third-order valence-electron chi connectivity index (χ3n) is 2.19. The number of aromatic nitrogens is 1. The summed E-state index contributed by atoms with van der Waals surface area (Å²) in [5.74, 6) is -0.278. The Hall–Kier alpha value is -1.67. The van der Waals surface area contributed by atoms with Gasteiger partial charge in [0.1, 0.15) is 5.82 Å². The van der Waals surface area contributed by atoms with Crippen molar-refractivity contribution in [1.29, 1.82) is 0 Å². The molecule has 0 amide bonds. The molecule has 0 aliphatic rings. The molecule has 16 heavy (non-hydrogen) atoms. The molecule has 2 aromatic rings. The summed E-state index contributed by atoms with van der Waals surface area (Å²) < 4.78 is 12.8. The Morgan fingerprint density at radius 1 is 1.12 bits per heavy atom. The van der Waals surface area contributed by atoms with Gasteiger partial charge in [-0.25, -0.2) is 9.37 Å². The lowest BCUT2D eigenvalue weighted by Crippen LogP contribution is -1.88. The van der Waals surface area contributed by atoms with Crippen LogP contribution in [0.3, 0.4) is 0 Å². The average molecular weight is 234 g/mol. The second-order valence-corrected chi connectivity index (χ2v) is 3.68. The van der Waals surface area contributed by atoms with Crippen LogP contribution in [0.4, 0.5) is 4.39 Å². The Morgan fingerprint density at radius 3 is 2.44 bits per heavy atom. The largest absolute Gasteiger partial charge is 0.247 e. The van der Waals surface area contributed by atoms with Gasteiger partial charge < -0.3 is 0 Å². The first-order valence-corrected chi connectivity index (χ1v) is 5.13. The van der Waals surface area contributed by atoms with Gasteiger partial charge in [0.05, 0.1) is 16.4 Å². The van der Waals surface area contributed by atoms with E-state index in [4.69, 9.17) is 11.6 Å². The van der Waals surface area contributed by atoms with Crippen LogP contribution >= 0.6 is 11.6 Å². The fourth-order valence-corrected chi connectivity index (χ4v) is 1.60. The van der Waals surface area contributed by atoms with Crippen molar-refractivity contribution in [1.82, 2.24) is 4.98 Å². The van der Waals surface area contributed by atoms with Gasteiger partial charge >= 0.3 is 0 Å². The maximum atomic E-state index is 12.8. The third kappa shape index (κ3) is 2.12. The Kier molecular flexibility index (Phi) is 3.02. The first-order chi connectivity index (χ1) is 7.70. The summed E-state index contributed by atoms with van der Waals surface area (Å²) in [6, 6.07) is 9.60. The van der Waals surface area contributed by atoms with Gasteiger partial charge in [-0.2, -0.15) is 0 Å². The topological polar surface area (TPSA) is 12.9 Å². The molecule has 0 saturated heterocycles. The van der Waals surface area contributed by atoms with E-state index in [0.717, 1.165) is 11.3 Å². The summed E-state index contributed by atoms with van der Waals surface area (Å²) in [5, 5.41) is 0.539. The van der Waals surface area contributed by atoms with Gasteiger partial charge in [-0.05, 0) is 42.5 Å². The highest BCUT2D eigenvalue weighted by atomic mass is 35.5. The van der Waals surface area contributed by atoms with Crippen LogP contribution in [0.5, 0.6) is 0 Å². The van der Waals surface area contributed by atoms with Crippen LogP contribution < -0.4 is 0 Å². The van der Waals surface area contributed by atoms with E-state index in [1.165, 1.54) is 12.1 Å². The maximum Gasteiger partial charge on any atom is 0.123 e. The molecule has 2 rings (SSSR count). The molecule has 1 nitrogen and oxygen atoms in total. The van der Waals surface area contributed by atoms with Crippen LogP contribution in [0, 0.1) is 5.82 Å². The van der Waals surface area contributed by atoms with E-state index in [-0.39, 0.29) is 5.82 Å². The van der Waals surface area contributed by atoms with Crippen LogP contribution in [-0.4, -0.2) is 4.98 Å². The minimum Gasteiger partial charge on any atom is -0.247 e. The Balaban J connectivity index is 2.54. The van der Waals surface area contributed by atoms with Crippen LogP contribution in [0.25, 0.3) is 17.3 Å². The number of benzene rings is 1. The zero-order valence-corrected chi connectivity index (χ0v) is 9.21. The SMILES string of the molecule is C=Cc1ccc(Cl)c(-c2ccc(F)cc2)n1. The Labute approximate surface area is 98.2 Å². The summed E-state index contributed by atoms with van der Waals surface area (Å²) in [7, 11) is 0. The minimum absolute atomic E-state index is 0.278. The van der Waals surface area contributed by atoms with Crippen molar-refractivity contribution in [2.45, 2.75) is 0 Å². The van der Waals surface area contributed by atoms with Crippen molar-refractivity contribution in [3.63, 3.8) is 0 Å². The predicted octanol–water partition coefficient (Wildman–Crippen LogP) is 4.18. The van der Waals surface area contributed by atoms with E-state index in [2.05, 4.69) is 11.6 Å². The van der Waals surface area contributed by atoms with E-state index in [0.29, 0.717) is 10.7 Å². The summed E-state index contributed by atoms with van der Waals surface area (Å²) in [5.41, 5.74) is 2.16. The van der Waals surface area contributed by atoms with Crippen molar-refractivity contribution < 1.29 is 4.39 Å². The highest BCUT2D eigenvalue weighted by molar-refractivity contribution is 6.33. The van der Waals surface area contributed by atoms with Crippen LogP contribution in [0.15, 0.2) is 43.0 Å². The Morgan fingerprint density at radius 2 is 1.81 bits per heavy atom. The molecule has 0 spiro atoms. The fraction of sp³-hybridized carbons (Fsp3) is 0. The summed E-state index contributed by atoms with van der Waals surface area (Å²) in [6.07, 6.45) is 1.64. The molecule has 0 saturated carbocycles. The van der Waals surface area contributed by atoms with Crippen molar-refractivity contribution in [2.24, 2.45) is 0 Å². The van der Waals surface area contributed by atoms with Gasteiger partial charge in [-0.15, -0.1) is 0 Å². The second-order valence-electron chi connectivity index (χ2n) is 3.28. The molecule has 0 N–H and O–H groups in total. The molecule has 0 atom stereocenters. The Bertz CT molecular complexity index is 520. The number of halogens is 2. The number of pyridine rings is 1. The van der Waals surface area contributed by atoms with Gasteiger partial charge in [-0.3, -0.25) is 0 Å². The van der Waals surface area contributed by atoms with Gasteiger partial charge in [0, 0.05) is 5.56 Å². The van der Waals surface area contributed by atoms with Crippen molar-refractivity contribution in [3.05, 3.63) is 59.5 Å². The standard InChI is InChI=1S/C13H9ClFN/c1-2-11-7-8-12(14)13(16-11)9-3-5-10(15)6-4-9/h2-8H,1H2. The lowest BCUT2D eigenvalue weighted by molar-refractivity contribution is 0.628. The van der Waals surface area contributed by atoms with Gasteiger partial charge in [0.15, 0.2) is 0 Å². The van der Waals surface area contributed by atoms with Crippen LogP contribution in [0.2, 0.25) is 5.02 Å². The average Bonchev–Trinajstić information content (AvgIpc) is 2.31. The van der Waals surface area contributed by atoms with Crippen molar-refractivity contribution in [2.75, 3.05) is 0 Å². The highest BCUT2D eigenvalue weighted by Crippen LogP contribution is 2.26. The highest BCUT2D eigenvalue weighted by Gasteiger charge is 2.05. The predicted molar refractivity (Wildman–Crippen MR) is 64.7 cm³/mol. The monoisotopic (exact) mass is 233 g/mol. The molecule has 1 heterocycles. The van der Waals surface area contributed by atoms with Crippen molar-refractivity contribution in [3.8, 4) is 11.3 Å². The molecule has 0 radical (unpaired) electrons. The quantitative estimate of drug-likeness (QED) is 0.758. The van der Waals surface area contributed by atoms with Crippen molar-refractivity contribution >= 4 is 17.7 Å². The molecule has 0 aliphatic carbocycles.